The number of carbonyl (C=O) groups is 1. The Morgan fingerprint density at radius 3 is 3.00 bits per heavy atom. The van der Waals surface area contributed by atoms with Crippen LogP contribution < -0.4 is 5.73 Å². The summed E-state index contributed by atoms with van der Waals surface area (Å²) in [5.41, 5.74) is 6.83. The van der Waals surface area contributed by atoms with Crippen LogP contribution in [0.4, 0.5) is 5.69 Å². The smallest absolute Gasteiger partial charge is 0.340 e. The Morgan fingerprint density at radius 2 is 2.33 bits per heavy atom. The van der Waals surface area contributed by atoms with Crippen LogP contribution in [-0.2, 0) is 18.4 Å². The number of aromatic nitrogens is 3. The van der Waals surface area contributed by atoms with Crippen molar-refractivity contribution >= 4 is 23.3 Å². The molecule has 0 saturated heterocycles. The highest BCUT2D eigenvalue weighted by atomic mass is 35.5. The molecule has 94 valence electrons. The van der Waals surface area contributed by atoms with Crippen LogP contribution in [0.5, 0.6) is 0 Å². The van der Waals surface area contributed by atoms with Crippen LogP contribution >= 0.6 is 11.6 Å². The minimum absolute atomic E-state index is 0.0395. The summed E-state index contributed by atoms with van der Waals surface area (Å²) in [5, 5.41) is 7.83. The molecule has 18 heavy (non-hydrogen) atoms. The van der Waals surface area contributed by atoms with Crippen LogP contribution in [0.15, 0.2) is 24.4 Å². The summed E-state index contributed by atoms with van der Waals surface area (Å²) < 4.78 is 6.59. The molecule has 0 aliphatic heterocycles. The number of esters is 1. The summed E-state index contributed by atoms with van der Waals surface area (Å²) in [5.74, 6) is -0.544. The van der Waals surface area contributed by atoms with Gasteiger partial charge in [0.1, 0.15) is 12.3 Å². The number of rotatable bonds is 3. The molecule has 0 fully saturated rings. The summed E-state index contributed by atoms with van der Waals surface area (Å²) in [6.07, 6.45) is 1.66. The largest absolute Gasteiger partial charge is 0.455 e. The molecule has 6 nitrogen and oxygen atoms in total. The molecule has 1 aromatic heterocycles. The van der Waals surface area contributed by atoms with Gasteiger partial charge in [-0.25, -0.2) is 4.79 Å². The maximum Gasteiger partial charge on any atom is 0.340 e. The van der Waals surface area contributed by atoms with E-state index in [0.717, 1.165) is 0 Å². The molecule has 0 amide bonds. The van der Waals surface area contributed by atoms with Crippen molar-refractivity contribution in [2.75, 3.05) is 5.73 Å². The summed E-state index contributed by atoms with van der Waals surface area (Å²) in [6.45, 7) is 0.0395. The molecule has 2 N–H and O–H groups in total. The van der Waals surface area contributed by atoms with E-state index in [-0.39, 0.29) is 12.2 Å². The molecule has 0 unspecified atom stereocenters. The molecule has 0 saturated carbocycles. The number of carbonyl (C=O) groups excluding carboxylic acids is 1. The van der Waals surface area contributed by atoms with Crippen LogP contribution in [0.25, 0.3) is 0 Å². The van der Waals surface area contributed by atoms with Gasteiger partial charge in [-0.1, -0.05) is 16.8 Å². The number of ether oxygens (including phenoxy) is 1. The number of hydrogen-bond acceptors (Lipinski definition) is 5. The lowest BCUT2D eigenvalue weighted by Crippen LogP contribution is -2.07. The van der Waals surface area contributed by atoms with Crippen molar-refractivity contribution in [3.8, 4) is 0 Å². The summed E-state index contributed by atoms with van der Waals surface area (Å²) in [6, 6.07) is 4.64. The van der Waals surface area contributed by atoms with Gasteiger partial charge in [-0.15, -0.1) is 5.10 Å². The SMILES string of the molecule is Cn1cc(COC(=O)c2cc(N)ccc2Cl)nn1. The molecule has 2 aromatic rings. The van der Waals surface area contributed by atoms with E-state index in [2.05, 4.69) is 10.3 Å². The first kappa shape index (κ1) is 12.4. The highest BCUT2D eigenvalue weighted by Crippen LogP contribution is 2.20. The number of halogens is 1. The van der Waals surface area contributed by atoms with Gasteiger partial charge in [0.2, 0.25) is 0 Å². The fourth-order valence-corrected chi connectivity index (χ4v) is 1.57. The molecule has 0 atom stereocenters. The zero-order valence-electron chi connectivity index (χ0n) is 9.63. The second-order valence-corrected chi connectivity index (χ2v) is 4.11. The van der Waals surface area contributed by atoms with E-state index in [1.54, 1.807) is 25.4 Å². The minimum Gasteiger partial charge on any atom is -0.455 e. The van der Waals surface area contributed by atoms with Crippen molar-refractivity contribution in [1.82, 2.24) is 15.0 Å². The number of nitrogen functional groups attached to an aromatic ring is 1. The lowest BCUT2D eigenvalue weighted by Gasteiger charge is -2.05. The van der Waals surface area contributed by atoms with E-state index in [9.17, 15) is 4.79 Å². The van der Waals surface area contributed by atoms with E-state index in [1.807, 2.05) is 0 Å². The standard InChI is InChI=1S/C11H11ClN4O2/c1-16-5-8(14-15-16)6-18-11(17)9-4-7(13)2-3-10(9)12/h2-5H,6,13H2,1H3. The summed E-state index contributed by atoms with van der Waals surface area (Å²) in [4.78, 5) is 11.8. The second-order valence-electron chi connectivity index (χ2n) is 3.70. The molecule has 0 radical (unpaired) electrons. The van der Waals surface area contributed by atoms with E-state index >= 15 is 0 Å². The molecule has 0 spiro atoms. The molecule has 1 heterocycles. The van der Waals surface area contributed by atoms with Crippen LogP contribution in [0.3, 0.4) is 0 Å². The number of nitrogens with two attached hydrogens (primary N) is 1. The number of hydrogen-bond donors (Lipinski definition) is 1. The van der Waals surface area contributed by atoms with Crippen molar-refractivity contribution in [2.45, 2.75) is 6.61 Å². The van der Waals surface area contributed by atoms with Crippen LogP contribution in [0.1, 0.15) is 16.1 Å². The molecule has 0 bridgehead atoms. The highest BCUT2D eigenvalue weighted by molar-refractivity contribution is 6.33. The molecular formula is C11H11ClN4O2. The van der Waals surface area contributed by atoms with Crippen molar-refractivity contribution < 1.29 is 9.53 Å². The van der Waals surface area contributed by atoms with Crippen molar-refractivity contribution in [3.63, 3.8) is 0 Å². The van der Waals surface area contributed by atoms with Crippen molar-refractivity contribution in [1.29, 1.82) is 0 Å². The first-order valence-corrected chi connectivity index (χ1v) is 5.51. The van der Waals surface area contributed by atoms with Gasteiger partial charge in [0.15, 0.2) is 0 Å². The predicted molar refractivity (Wildman–Crippen MR) is 66.0 cm³/mol. The Kier molecular flexibility index (Phi) is 3.47. The first-order chi connectivity index (χ1) is 8.56. The number of benzene rings is 1. The van der Waals surface area contributed by atoms with E-state index in [4.69, 9.17) is 22.1 Å². The number of anilines is 1. The van der Waals surface area contributed by atoms with Crippen LogP contribution in [-0.4, -0.2) is 21.0 Å². The minimum atomic E-state index is -0.544. The third-order valence-corrected chi connectivity index (χ3v) is 2.54. The topological polar surface area (TPSA) is 83.0 Å². The van der Waals surface area contributed by atoms with Crippen LogP contribution in [0.2, 0.25) is 5.02 Å². The Labute approximate surface area is 108 Å². The fourth-order valence-electron chi connectivity index (χ4n) is 1.38. The van der Waals surface area contributed by atoms with Gasteiger partial charge in [0, 0.05) is 12.7 Å². The van der Waals surface area contributed by atoms with Gasteiger partial charge < -0.3 is 10.5 Å². The number of nitrogens with zero attached hydrogens (tertiary/aromatic N) is 3. The lowest BCUT2D eigenvalue weighted by atomic mass is 10.2. The molecular weight excluding hydrogens is 256 g/mol. The monoisotopic (exact) mass is 266 g/mol. The third-order valence-electron chi connectivity index (χ3n) is 2.21. The average Bonchev–Trinajstić information content (AvgIpc) is 2.75. The first-order valence-electron chi connectivity index (χ1n) is 5.13. The van der Waals surface area contributed by atoms with Crippen molar-refractivity contribution in [2.24, 2.45) is 7.05 Å². The van der Waals surface area contributed by atoms with Gasteiger partial charge in [-0.3, -0.25) is 4.68 Å². The van der Waals surface area contributed by atoms with Gasteiger partial charge in [0.25, 0.3) is 0 Å². The second kappa shape index (κ2) is 5.05. The van der Waals surface area contributed by atoms with E-state index < -0.39 is 5.97 Å². The van der Waals surface area contributed by atoms with E-state index in [0.29, 0.717) is 16.4 Å². The lowest BCUT2D eigenvalue weighted by molar-refractivity contribution is 0.0468. The quantitative estimate of drug-likeness (QED) is 0.671. The van der Waals surface area contributed by atoms with Crippen LogP contribution in [0, 0.1) is 0 Å². The maximum absolute atomic E-state index is 11.8. The van der Waals surface area contributed by atoms with Crippen molar-refractivity contribution in [3.05, 3.63) is 40.7 Å². The summed E-state index contributed by atoms with van der Waals surface area (Å²) >= 11 is 5.89. The normalized spacial score (nSPS) is 10.3. The molecule has 0 aliphatic carbocycles. The zero-order chi connectivity index (χ0) is 13.1. The Morgan fingerprint density at radius 1 is 1.56 bits per heavy atom. The highest BCUT2D eigenvalue weighted by Gasteiger charge is 2.13. The van der Waals surface area contributed by atoms with Gasteiger partial charge in [-0.05, 0) is 18.2 Å². The zero-order valence-corrected chi connectivity index (χ0v) is 10.4. The third kappa shape index (κ3) is 2.78. The van der Waals surface area contributed by atoms with Gasteiger partial charge in [0.05, 0.1) is 16.8 Å². The Balaban J connectivity index is 2.05. The van der Waals surface area contributed by atoms with Gasteiger partial charge in [-0.2, -0.15) is 0 Å². The number of aryl methyl sites for hydroxylation is 1. The molecule has 1 aromatic carbocycles. The van der Waals surface area contributed by atoms with E-state index in [1.165, 1.54) is 10.7 Å². The molecule has 0 aliphatic rings. The van der Waals surface area contributed by atoms with Gasteiger partial charge >= 0.3 is 5.97 Å². The maximum atomic E-state index is 11.8. The Hall–Kier alpha value is -2.08. The Bertz CT molecular complexity index is 582. The fraction of sp³-hybridized carbons (Fsp3) is 0.182. The molecule has 2 rings (SSSR count). The predicted octanol–water partition coefficient (Wildman–Crippen LogP) is 1.41. The average molecular weight is 267 g/mol. The summed E-state index contributed by atoms with van der Waals surface area (Å²) in [7, 11) is 1.73. The molecule has 7 heteroatoms.